The van der Waals surface area contributed by atoms with Gasteiger partial charge in [0.05, 0.1) is 11.6 Å². The van der Waals surface area contributed by atoms with Crippen LogP contribution in [0.3, 0.4) is 0 Å². The maximum absolute atomic E-state index is 11.9. The molecule has 0 radical (unpaired) electrons. The number of aromatic carboxylic acids is 1. The number of carboxylic acids is 1. The average Bonchev–Trinajstić information content (AvgIpc) is 3.02. The Kier molecular flexibility index (Phi) is 5.15. The lowest BCUT2D eigenvalue weighted by Crippen LogP contribution is -2.09. The fourth-order valence-corrected chi connectivity index (χ4v) is 3.93. The Morgan fingerprint density at radius 2 is 1.65 bits per heavy atom. The molecule has 0 aliphatic heterocycles. The van der Waals surface area contributed by atoms with Crippen LogP contribution in [-0.2, 0) is 6.54 Å². The minimum absolute atomic E-state index is 0.176. The zero-order chi connectivity index (χ0) is 18.7. The molecule has 2 aromatic carbocycles. The number of hydrogen-bond acceptors (Lipinski definition) is 2. The summed E-state index contributed by atoms with van der Waals surface area (Å²) in [6.07, 6.45) is 1.87. The van der Waals surface area contributed by atoms with Crippen molar-refractivity contribution in [1.29, 1.82) is 0 Å². The average molecular weight is 362 g/mol. The van der Waals surface area contributed by atoms with Crippen LogP contribution < -0.4 is 0 Å². The van der Waals surface area contributed by atoms with Crippen molar-refractivity contribution < 1.29 is 9.90 Å². The normalized spacial score (nSPS) is 10.5. The molecular formula is C21H18N2O2S. The van der Waals surface area contributed by atoms with E-state index in [9.17, 15) is 9.90 Å². The standard InChI is InChI=1S/C21H18N2O2S/c1-4-23-19(21(24)25)17(18(22-2)20(23)26-3)16-12-10-15(11-13-16)14-8-6-5-7-9-14/h5-13H,4H2,1,3H3,(H,24,25). The first-order chi connectivity index (χ1) is 12.6. The van der Waals surface area contributed by atoms with Crippen molar-refractivity contribution >= 4 is 23.4 Å². The van der Waals surface area contributed by atoms with Gasteiger partial charge in [-0.1, -0.05) is 54.6 Å². The van der Waals surface area contributed by atoms with Gasteiger partial charge in [-0.25, -0.2) is 9.64 Å². The molecule has 130 valence electrons. The van der Waals surface area contributed by atoms with E-state index in [1.807, 2.05) is 67.8 Å². The van der Waals surface area contributed by atoms with Crippen molar-refractivity contribution in [1.82, 2.24) is 4.57 Å². The Hall–Kier alpha value is -2.97. The minimum atomic E-state index is -1.01. The third-order valence-corrected chi connectivity index (χ3v) is 5.10. The number of benzene rings is 2. The largest absolute Gasteiger partial charge is 0.477 e. The number of nitrogens with zero attached hydrogens (tertiary/aromatic N) is 2. The summed E-state index contributed by atoms with van der Waals surface area (Å²) in [7, 11) is 0. The fourth-order valence-electron chi connectivity index (χ4n) is 3.15. The van der Waals surface area contributed by atoms with Gasteiger partial charge in [0.1, 0.15) is 5.69 Å². The summed E-state index contributed by atoms with van der Waals surface area (Å²) in [5.74, 6) is -1.01. The van der Waals surface area contributed by atoms with Crippen molar-refractivity contribution in [2.24, 2.45) is 0 Å². The summed E-state index contributed by atoms with van der Waals surface area (Å²) in [5.41, 5.74) is 3.97. The molecule has 0 amide bonds. The second kappa shape index (κ2) is 7.51. The Morgan fingerprint density at radius 3 is 2.15 bits per heavy atom. The van der Waals surface area contributed by atoms with Crippen LogP contribution in [0.15, 0.2) is 59.6 Å². The molecule has 0 aliphatic carbocycles. The summed E-state index contributed by atoms with van der Waals surface area (Å²) in [6, 6.07) is 17.7. The Balaban J connectivity index is 2.19. The highest BCUT2D eigenvalue weighted by Gasteiger charge is 2.27. The molecule has 26 heavy (non-hydrogen) atoms. The molecular weight excluding hydrogens is 344 g/mol. The highest BCUT2D eigenvalue weighted by atomic mass is 32.2. The predicted molar refractivity (Wildman–Crippen MR) is 106 cm³/mol. The van der Waals surface area contributed by atoms with E-state index in [-0.39, 0.29) is 5.69 Å². The molecule has 1 N–H and O–H groups in total. The molecule has 0 saturated carbocycles. The van der Waals surface area contributed by atoms with Crippen molar-refractivity contribution in [2.75, 3.05) is 6.26 Å². The van der Waals surface area contributed by atoms with Gasteiger partial charge < -0.3 is 9.67 Å². The first kappa shape index (κ1) is 17.8. The number of hydrogen-bond donors (Lipinski definition) is 1. The highest BCUT2D eigenvalue weighted by molar-refractivity contribution is 7.98. The van der Waals surface area contributed by atoms with Crippen LogP contribution in [-0.4, -0.2) is 21.9 Å². The lowest BCUT2D eigenvalue weighted by Gasteiger charge is -2.08. The van der Waals surface area contributed by atoms with Crippen molar-refractivity contribution in [2.45, 2.75) is 18.5 Å². The van der Waals surface area contributed by atoms with Gasteiger partial charge >= 0.3 is 5.97 Å². The topological polar surface area (TPSA) is 46.6 Å². The van der Waals surface area contributed by atoms with E-state index >= 15 is 0 Å². The first-order valence-corrected chi connectivity index (χ1v) is 9.41. The fraction of sp³-hybridized carbons (Fsp3) is 0.143. The van der Waals surface area contributed by atoms with Crippen molar-refractivity contribution in [3.05, 3.63) is 71.7 Å². The van der Waals surface area contributed by atoms with Gasteiger partial charge in [0.15, 0.2) is 0 Å². The van der Waals surface area contributed by atoms with Gasteiger partial charge in [-0.2, -0.15) is 0 Å². The number of carbonyl (C=O) groups is 1. The zero-order valence-electron chi connectivity index (χ0n) is 14.6. The van der Waals surface area contributed by atoms with Crippen molar-refractivity contribution in [3.8, 4) is 22.3 Å². The van der Waals surface area contributed by atoms with E-state index in [0.717, 1.165) is 16.7 Å². The summed E-state index contributed by atoms with van der Waals surface area (Å²) in [5, 5.41) is 10.5. The van der Waals surface area contributed by atoms with Crippen LogP contribution >= 0.6 is 11.8 Å². The van der Waals surface area contributed by atoms with E-state index < -0.39 is 5.97 Å². The number of rotatable bonds is 5. The monoisotopic (exact) mass is 362 g/mol. The molecule has 5 heteroatoms. The van der Waals surface area contributed by atoms with Crippen LogP contribution in [0.25, 0.3) is 27.1 Å². The van der Waals surface area contributed by atoms with Crippen LogP contribution in [0.1, 0.15) is 17.4 Å². The van der Waals surface area contributed by atoms with Gasteiger partial charge in [-0.3, -0.25) is 0 Å². The minimum Gasteiger partial charge on any atom is -0.477 e. The molecule has 0 atom stereocenters. The molecule has 0 spiro atoms. The quantitative estimate of drug-likeness (QED) is 0.460. The molecule has 1 heterocycles. The molecule has 0 saturated heterocycles. The second-order valence-corrected chi connectivity index (χ2v) is 6.48. The molecule has 3 aromatic rings. The maximum atomic E-state index is 11.9. The number of carboxylic acid groups (broad SMARTS) is 1. The highest BCUT2D eigenvalue weighted by Crippen LogP contribution is 2.43. The Bertz CT molecular complexity index is 984. The lowest BCUT2D eigenvalue weighted by molar-refractivity contribution is 0.0685. The molecule has 0 bridgehead atoms. The van der Waals surface area contributed by atoms with Gasteiger partial charge in [-0.15, -0.1) is 11.8 Å². The first-order valence-electron chi connectivity index (χ1n) is 8.19. The van der Waals surface area contributed by atoms with Gasteiger partial charge in [0.2, 0.25) is 5.69 Å². The van der Waals surface area contributed by atoms with E-state index in [0.29, 0.717) is 22.8 Å². The summed E-state index contributed by atoms with van der Waals surface area (Å²) < 4.78 is 1.71. The van der Waals surface area contributed by atoms with E-state index in [4.69, 9.17) is 6.57 Å². The van der Waals surface area contributed by atoms with Crippen LogP contribution in [0, 0.1) is 6.57 Å². The van der Waals surface area contributed by atoms with E-state index in [1.54, 1.807) is 4.57 Å². The van der Waals surface area contributed by atoms with E-state index in [1.165, 1.54) is 11.8 Å². The number of thioether (sulfide) groups is 1. The van der Waals surface area contributed by atoms with Gasteiger partial charge in [0, 0.05) is 12.1 Å². The van der Waals surface area contributed by atoms with E-state index in [2.05, 4.69) is 4.85 Å². The second-order valence-electron chi connectivity index (χ2n) is 5.69. The van der Waals surface area contributed by atoms with Crippen LogP contribution in [0.5, 0.6) is 0 Å². The third-order valence-electron chi connectivity index (χ3n) is 4.30. The third kappa shape index (κ3) is 3.00. The molecule has 0 unspecified atom stereocenters. The molecule has 0 aliphatic rings. The summed E-state index contributed by atoms with van der Waals surface area (Å²) in [4.78, 5) is 15.6. The maximum Gasteiger partial charge on any atom is 0.351 e. The van der Waals surface area contributed by atoms with Crippen LogP contribution in [0.4, 0.5) is 5.69 Å². The van der Waals surface area contributed by atoms with Gasteiger partial charge in [0.25, 0.3) is 0 Å². The van der Waals surface area contributed by atoms with Crippen LogP contribution in [0.2, 0.25) is 0 Å². The van der Waals surface area contributed by atoms with Crippen molar-refractivity contribution in [3.63, 3.8) is 0 Å². The SMILES string of the molecule is [C-]#[N+]c1c(-c2ccc(-c3ccccc3)cc2)c(C(=O)O)n(CC)c1SC. The zero-order valence-corrected chi connectivity index (χ0v) is 15.4. The van der Waals surface area contributed by atoms with Gasteiger partial charge in [-0.05, 0) is 29.9 Å². The molecule has 0 fully saturated rings. The number of aromatic nitrogens is 1. The molecule has 1 aromatic heterocycles. The smallest absolute Gasteiger partial charge is 0.351 e. The summed E-state index contributed by atoms with van der Waals surface area (Å²) in [6.45, 7) is 9.98. The molecule has 4 nitrogen and oxygen atoms in total. The molecule has 3 rings (SSSR count). The summed E-state index contributed by atoms with van der Waals surface area (Å²) >= 11 is 1.40. The Labute approximate surface area is 156 Å². The Morgan fingerprint density at radius 1 is 1.08 bits per heavy atom. The predicted octanol–water partition coefficient (Wildman–Crippen LogP) is 5.81. The lowest BCUT2D eigenvalue weighted by atomic mass is 9.99.